The number of aromatic nitrogens is 1. The van der Waals surface area contributed by atoms with Crippen LogP contribution in [0, 0.1) is 5.82 Å². The Kier molecular flexibility index (Phi) is 5.76. The number of ether oxygens (including phenoxy) is 2. The zero-order valence-electron chi connectivity index (χ0n) is 14.0. The summed E-state index contributed by atoms with van der Waals surface area (Å²) >= 11 is 1.48. The molecule has 1 aromatic heterocycles. The molecule has 0 amide bonds. The van der Waals surface area contributed by atoms with Crippen LogP contribution in [-0.4, -0.2) is 18.1 Å². The van der Waals surface area contributed by atoms with Crippen LogP contribution in [0.25, 0.3) is 16.6 Å². The van der Waals surface area contributed by atoms with Crippen molar-refractivity contribution in [2.75, 3.05) is 7.11 Å². The maximum Gasteiger partial charge on any atom is 0.331 e. The predicted molar refractivity (Wildman–Crippen MR) is 99.3 cm³/mol. The van der Waals surface area contributed by atoms with E-state index in [-0.39, 0.29) is 12.4 Å². The van der Waals surface area contributed by atoms with Crippen molar-refractivity contribution in [2.24, 2.45) is 0 Å². The molecule has 0 saturated carbocycles. The average Bonchev–Trinajstić information content (AvgIpc) is 3.14. The fraction of sp³-hybridized carbons (Fsp3) is 0.100. The normalized spacial score (nSPS) is 10.8. The van der Waals surface area contributed by atoms with Crippen LogP contribution < -0.4 is 4.74 Å². The number of carbonyl (C=O) groups is 1. The molecule has 0 saturated heterocycles. The van der Waals surface area contributed by atoms with Gasteiger partial charge in [0.15, 0.2) is 0 Å². The number of hydrogen-bond donors (Lipinski definition) is 0. The summed E-state index contributed by atoms with van der Waals surface area (Å²) in [6, 6.07) is 13.6. The Hall–Kier alpha value is -2.99. The molecule has 4 nitrogen and oxygen atoms in total. The molecule has 3 rings (SSSR count). The maximum absolute atomic E-state index is 13.1. The van der Waals surface area contributed by atoms with Gasteiger partial charge in [-0.05, 0) is 48.0 Å². The Bertz CT molecular complexity index is 919. The van der Waals surface area contributed by atoms with E-state index in [1.807, 2.05) is 29.6 Å². The Morgan fingerprint density at radius 3 is 2.77 bits per heavy atom. The zero-order valence-corrected chi connectivity index (χ0v) is 14.8. The zero-order chi connectivity index (χ0) is 18.4. The van der Waals surface area contributed by atoms with Crippen molar-refractivity contribution in [1.29, 1.82) is 0 Å². The summed E-state index contributed by atoms with van der Waals surface area (Å²) < 4.78 is 23.4. The van der Waals surface area contributed by atoms with E-state index in [1.54, 1.807) is 19.2 Å². The van der Waals surface area contributed by atoms with E-state index in [2.05, 4.69) is 4.98 Å². The molecule has 3 aromatic rings. The fourth-order valence-electron chi connectivity index (χ4n) is 2.21. The van der Waals surface area contributed by atoms with E-state index in [9.17, 15) is 9.18 Å². The minimum Gasteiger partial charge on any atom is -0.497 e. The van der Waals surface area contributed by atoms with E-state index < -0.39 is 5.97 Å². The van der Waals surface area contributed by atoms with Crippen LogP contribution in [0.2, 0.25) is 0 Å². The van der Waals surface area contributed by atoms with Crippen LogP contribution in [0.4, 0.5) is 4.39 Å². The van der Waals surface area contributed by atoms with Gasteiger partial charge in [0.05, 0.1) is 12.8 Å². The number of esters is 1. The molecule has 0 fully saturated rings. The minimum atomic E-state index is -0.506. The van der Waals surface area contributed by atoms with E-state index in [0.717, 1.165) is 16.3 Å². The molecule has 0 unspecified atom stereocenters. The van der Waals surface area contributed by atoms with Gasteiger partial charge in [0.25, 0.3) is 0 Å². The van der Waals surface area contributed by atoms with E-state index in [1.165, 1.54) is 35.6 Å². The SMILES string of the molecule is COc1ccc(-c2nc(COC(=O)/C=C/c3cccc(F)c3)cs2)cc1. The van der Waals surface area contributed by atoms with Crippen molar-refractivity contribution < 1.29 is 18.7 Å². The number of hydrogen-bond acceptors (Lipinski definition) is 5. The van der Waals surface area contributed by atoms with Gasteiger partial charge in [0.1, 0.15) is 23.2 Å². The van der Waals surface area contributed by atoms with Crippen molar-refractivity contribution in [3.8, 4) is 16.3 Å². The van der Waals surface area contributed by atoms with E-state index in [0.29, 0.717) is 11.3 Å². The highest BCUT2D eigenvalue weighted by Gasteiger charge is 2.07. The summed E-state index contributed by atoms with van der Waals surface area (Å²) in [6.07, 6.45) is 2.78. The molecule has 0 bridgehead atoms. The Morgan fingerprint density at radius 1 is 1.23 bits per heavy atom. The number of rotatable bonds is 6. The summed E-state index contributed by atoms with van der Waals surface area (Å²) in [5, 5.41) is 2.69. The van der Waals surface area contributed by atoms with Crippen LogP contribution in [-0.2, 0) is 16.1 Å². The second-order valence-corrected chi connectivity index (χ2v) is 6.23. The number of nitrogens with zero attached hydrogens (tertiary/aromatic N) is 1. The summed E-state index contributed by atoms with van der Waals surface area (Å²) in [5.74, 6) is -0.0770. The lowest BCUT2D eigenvalue weighted by Crippen LogP contribution is -2.01. The fourth-order valence-corrected chi connectivity index (χ4v) is 3.02. The molecule has 0 spiro atoms. The van der Waals surface area contributed by atoms with Crippen LogP contribution in [0.5, 0.6) is 5.75 Å². The summed E-state index contributed by atoms with van der Waals surface area (Å²) in [5.41, 5.74) is 2.24. The molecule has 0 aliphatic heterocycles. The molecule has 0 N–H and O–H groups in total. The molecule has 0 radical (unpaired) electrons. The highest BCUT2D eigenvalue weighted by Crippen LogP contribution is 2.25. The highest BCUT2D eigenvalue weighted by molar-refractivity contribution is 7.13. The van der Waals surface area contributed by atoms with Crippen molar-refractivity contribution in [2.45, 2.75) is 6.61 Å². The summed E-state index contributed by atoms with van der Waals surface area (Å²) in [6.45, 7) is 0.0823. The van der Waals surface area contributed by atoms with Crippen LogP contribution in [0.3, 0.4) is 0 Å². The Labute approximate surface area is 154 Å². The van der Waals surface area contributed by atoms with Gasteiger partial charge in [-0.25, -0.2) is 14.2 Å². The van der Waals surface area contributed by atoms with Crippen molar-refractivity contribution in [3.63, 3.8) is 0 Å². The first kappa shape index (κ1) is 17.8. The quantitative estimate of drug-likeness (QED) is 0.466. The summed E-state index contributed by atoms with van der Waals surface area (Å²) in [4.78, 5) is 16.2. The van der Waals surface area contributed by atoms with Crippen LogP contribution in [0.15, 0.2) is 60.0 Å². The monoisotopic (exact) mass is 369 g/mol. The third kappa shape index (κ3) is 4.77. The summed E-state index contributed by atoms with van der Waals surface area (Å²) in [7, 11) is 1.62. The molecule has 132 valence electrons. The average molecular weight is 369 g/mol. The molecule has 0 aliphatic carbocycles. The van der Waals surface area contributed by atoms with Crippen molar-refractivity contribution >= 4 is 23.4 Å². The molecule has 26 heavy (non-hydrogen) atoms. The lowest BCUT2D eigenvalue weighted by molar-refractivity contribution is -0.139. The smallest absolute Gasteiger partial charge is 0.331 e. The molecule has 1 heterocycles. The minimum absolute atomic E-state index is 0.0823. The first-order valence-corrected chi connectivity index (χ1v) is 8.71. The largest absolute Gasteiger partial charge is 0.497 e. The van der Waals surface area contributed by atoms with Gasteiger partial charge in [-0.1, -0.05) is 12.1 Å². The first-order valence-electron chi connectivity index (χ1n) is 7.83. The standard InChI is InChI=1S/C20H16FNO3S/c1-24-18-8-6-15(7-9-18)20-22-17(13-26-20)12-25-19(23)10-5-14-3-2-4-16(21)11-14/h2-11,13H,12H2,1H3/b10-5+. The van der Waals surface area contributed by atoms with Crippen molar-refractivity contribution in [1.82, 2.24) is 4.98 Å². The Balaban J connectivity index is 1.56. The van der Waals surface area contributed by atoms with Crippen LogP contribution in [0.1, 0.15) is 11.3 Å². The molecular formula is C20H16FNO3S. The maximum atomic E-state index is 13.1. The molecule has 6 heteroatoms. The number of thiazole rings is 1. The van der Waals surface area contributed by atoms with E-state index in [4.69, 9.17) is 9.47 Å². The van der Waals surface area contributed by atoms with Crippen molar-refractivity contribution in [3.05, 3.63) is 77.1 Å². The number of methoxy groups -OCH3 is 1. The second-order valence-electron chi connectivity index (χ2n) is 5.37. The lowest BCUT2D eigenvalue weighted by Gasteiger charge is -2.01. The van der Waals surface area contributed by atoms with Crippen LogP contribution >= 0.6 is 11.3 Å². The van der Waals surface area contributed by atoms with Gasteiger partial charge in [0, 0.05) is 17.0 Å². The second kappa shape index (κ2) is 8.40. The third-order valence-corrected chi connectivity index (χ3v) is 4.45. The Morgan fingerprint density at radius 2 is 2.04 bits per heavy atom. The van der Waals surface area contributed by atoms with Gasteiger partial charge in [-0.2, -0.15) is 0 Å². The highest BCUT2D eigenvalue weighted by atomic mass is 32.1. The van der Waals surface area contributed by atoms with Gasteiger partial charge < -0.3 is 9.47 Å². The third-order valence-electron chi connectivity index (χ3n) is 3.51. The van der Waals surface area contributed by atoms with Gasteiger partial charge in [-0.3, -0.25) is 0 Å². The number of halogens is 1. The lowest BCUT2D eigenvalue weighted by atomic mass is 10.2. The predicted octanol–water partition coefficient (Wildman–Crippen LogP) is 4.71. The molecule has 2 aromatic carbocycles. The molecular weight excluding hydrogens is 353 g/mol. The van der Waals surface area contributed by atoms with E-state index >= 15 is 0 Å². The number of carbonyl (C=O) groups excluding carboxylic acids is 1. The van der Waals surface area contributed by atoms with Gasteiger partial charge in [-0.15, -0.1) is 11.3 Å². The molecule has 0 atom stereocenters. The first-order chi connectivity index (χ1) is 12.6. The van der Waals surface area contributed by atoms with Gasteiger partial charge in [0.2, 0.25) is 0 Å². The van der Waals surface area contributed by atoms with Gasteiger partial charge >= 0.3 is 5.97 Å². The topological polar surface area (TPSA) is 48.4 Å². The number of benzene rings is 2. The molecule has 0 aliphatic rings.